The molecule has 0 spiro atoms. The molecule has 0 aliphatic carbocycles. The molecule has 1 saturated heterocycles. The van der Waals surface area contributed by atoms with Crippen molar-refractivity contribution >= 4 is 10.0 Å². The van der Waals surface area contributed by atoms with Gasteiger partial charge < -0.3 is 10.1 Å². The molecule has 1 unspecified atom stereocenters. The van der Waals surface area contributed by atoms with Crippen molar-refractivity contribution in [3.63, 3.8) is 0 Å². The summed E-state index contributed by atoms with van der Waals surface area (Å²) in [6.07, 6.45) is 1.86. The topological polar surface area (TPSA) is 67.4 Å². The maximum atomic E-state index is 12.4. The van der Waals surface area contributed by atoms with Crippen molar-refractivity contribution in [1.29, 1.82) is 0 Å². The molecule has 0 radical (unpaired) electrons. The van der Waals surface area contributed by atoms with Gasteiger partial charge in [-0.1, -0.05) is 6.07 Å². The maximum Gasteiger partial charge on any atom is 0.240 e. The van der Waals surface area contributed by atoms with Crippen molar-refractivity contribution in [3.05, 3.63) is 29.3 Å². The van der Waals surface area contributed by atoms with Gasteiger partial charge in [-0.15, -0.1) is 0 Å². The summed E-state index contributed by atoms with van der Waals surface area (Å²) in [4.78, 5) is 0.306. The lowest BCUT2D eigenvalue weighted by Crippen LogP contribution is -2.40. The van der Waals surface area contributed by atoms with E-state index in [0.29, 0.717) is 24.6 Å². The van der Waals surface area contributed by atoms with Crippen LogP contribution in [0, 0.1) is 6.92 Å². The quantitative estimate of drug-likeness (QED) is 0.836. The second-order valence-corrected chi connectivity index (χ2v) is 7.61. The molecular formula is C15H24N2O3S. The van der Waals surface area contributed by atoms with Crippen LogP contribution in [0.2, 0.25) is 0 Å². The SMILES string of the molecule is CNCc1cc(S(=O)(=O)NCC2(C)CCCO2)ccc1C. The molecule has 2 rings (SSSR count). The number of aryl methyl sites for hydroxylation is 1. The molecule has 1 atom stereocenters. The Balaban J connectivity index is 2.13. The molecule has 1 aliphatic heterocycles. The maximum absolute atomic E-state index is 12.4. The number of benzene rings is 1. The highest BCUT2D eigenvalue weighted by atomic mass is 32.2. The zero-order chi connectivity index (χ0) is 15.5. The zero-order valence-corrected chi connectivity index (χ0v) is 13.7. The molecule has 5 nitrogen and oxygen atoms in total. The third-order valence-electron chi connectivity index (χ3n) is 3.93. The van der Waals surface area contributed by atoms with Crippen LogP contribution in [0.3, 0.4) is 0 Å². The highest BCUT2D eigenvalue weighted by Gasteiger charge is 2.31. The van der Waals surface area contributed by atoms with Gasteiger partial charge in [-0.25, -0.2) is 13.1 Å². The summed E-state index contributed by atoms with van der Waals surface area (Å²) in [6, 6.07) is 5.22. The van der Waals surface area contributed by atoms with E-state index in [1.54, 1.807) is 12.1 Å². The molecule has 0 saturated carbocycles. The normalized spacial score (nSPS) is 22.6. The molecule has 1 fully saturated rings. The lowest BCUT2D eigenvalue weighted by molar-refractivity contribution is 0.0250. The third kappa shape index (κ3) is 4.03. The minimum Gasteiger partial charge on any atom is -0.374 e. The van der Waals surface area contributed by atoms with E-state index in [0.717, 1.165) is 24.0 Å². The number of rotatable bonds is 6. The highest BCUT2D eigenvalue weighted by molar-refractivity contribution is 7.89. The van der Waals surface area contributed by atoms with Crippen LogP contribution in [0.4, 0.5) is 0 Å². The van der Waals surface area contributed by atoms with Crippen LogP contribution >= 0.6 is 0 Å². The number of hydrogen-bond acceptors (Lipinski definition) is 4. The minimum atomic E-state index is -3.50. The van der Waals surface area contributed by atoms with E-state index < -0.39 is 10.0 Å². The van der Waals surface area contributed by atoms with Gasteiger partial charge in [0, 0.05) is 19.7 Å². The van der Waals surface area contributed by atoms with Gasteiger partial charge in [-0.05, 0) is 57.0 Å². The predicted molar refractivity (Wildman–Crippen MR) is 82.7 cm³/mol. The summed E-state index contributed by atoms with van der Waals surface area (Å²) in [7, 11) is -1.66. The van der Waals surface area contributed by atoms with E-state index in [9.17, 15) is 8.42 Å². The van der Waals surface area contributed by atoms with Crippen LogP contribution in [-0.2, 0) is 21.3 Å². The fourth-order valence-corrected chi connectivity index (χ4v) is 3.71. The van der Waals surface area contributed by atoms with Crippen molar-refractivity contribution < 1.29 is 13.2 Å². The first-order chi connectivity index (χ1) is 9.86. The van der Waals surface area contributed by atoms with E-state index in [1.807, 2.05) is 27.0 Å². The van der Waals surface area contributed by atoms with Gasteiger partial charge >= 0.3 is 0 Å². The second-order valence-electron chi connectivity index (χ2n) is 5.85. The smallest absolute Gasteiger partial charge is 0.240 e. The number of sulfonamides is 1. The average Bonchev–Trinajstić information content (AvgIpc) is 2.87. The first kappa shape index (κ1) is 16.4. The summed E-state index contributed by atoms with van der Waals surface area (Å²) < 4.78 is 33.1. The Morgan fingerprint density at radius 3 is 2.76 bits per heavy atom. The average molecular weight is 312 g/mol. The molecule has 1 aromatic rings. The molecule has 118 valence electrons. The third-order valence-corrected chi connectivity index (χ3v) is 5.33. The van der Waals surface area contributed by atoms with Crippen LogP contribution in [-0.4, -0.2) is 34.2 Å². The number of hydrogen-bond donors (Lipinski definition) is 2. The van der Waals surface area contributed by atoms with Crippen molar-refractivity contribution in [3.8, 4) is 0 Å². The molecule has 1 aromatic carbocycles. The van der Waals surface area contributed by atoms with Crippen molar-refractivity contribution in [1.82, 2.24) is 10.0 Å². The fraction of sp³-hybridized carbons (Fsp3) is 0.600. The zero-order valence-electron chi connectivity index (χ0n) is 12.9. The molecule has 0 aromatic heterocycles. The van der Waals surface area contributed by atoms with E-state index in [2.05, 4.69) is 10.0 Å². The van der Waals surface area contributed by atoms with E-state index in [-0.39, 0.29) is 5.60 Å². The van der Waals surface area contributed by atoms with Gasteiger partial charge in [-0.3, -0.25) is 0 Å². The van der Waals surface area contributed by atoms with Gasteiger partial charge in [0.1, 0.15) is 0 Å². The van der Waals surface area contributed by atoms with Crippen LogP contribution in [0.5, 0.6) is 0 Å². The van der Waals surface area contributed by atoms with E-state index >= 15 is 0 Å². The van der Waals surface area contributed by atoms with E-state index in [4.69, 9.17) is 4.74 Å². The molecule has 6 heteroatoms. The number of nitrogens with one attached hydrogen (secondary N) is 2. The van der Waals surface area contributed by atoms with E-state index in [1.165, 1.54) is 0 Å². The summed E-state index contributed by atoms with van der Waals surface area (Å²) in [6.45, 7) is 5.59. The van der Waals surface area contributed by atoms with Crippen LogP contribution in [0.25, 0.3) is 0 Å². The standard InChI is InChI=1S/C15H24N2O3S/c1-12-5-6-14(9-13(12)10-16-3)21(18,19)17-11-15(2)7-4-8-20-15/h5-6,9,16-17H,4,7-8,10-11H2,1-3H3. The first-order valence-electron chi connectivity index (χ1n) is 7.24. The van der Waals surface area contributed by atoms with Crippen molar-refractivity contribution in [2.24, 2.45) is 0 Å². The summed E-state index contributed by atoms with van der Waals surface area (Å²) in [5.41, 5.74) is 1.68. The molecule has 0 amide bonds. The minimum absolute atomic E-state index is 0.306. The molecule has 1 heterocycles. The Labute approximate surface area is 127 Å². The molecule has 0 bridgehead atoms. The van der Waals surface area contributed by atoms with Gasteiger partial charge in [0.2, 0.25) is 10.0 Å². The van der Waals surface area contributed by atoms with Gasteiger partial charge in [0.15, 0.2) is 0 Å². The van der Waals surface area contributed by atoms with Gasteiger partial charge in [-0.2, -0.15) is 0 Å². The Hall–Kier alpha value is -0.950. The molecular weight excluding hydrogens is 288 g/mol. The first-order valence-corrected chi connectivity index (χ1v) is 8.72. The van der Waals surface area contributed by atoms with Gasteiger partial charge in [0.05, 0.1) is 10.5 Å². The Morgan fingerprint density at radius 1 is 1.38 bits per heavy atom. The lowest BCUT2D eigenvalue weighted by atomic mass is 10.0. The summed E-state index contributed by atoms with van der Waals surface area (Å²) >= 11 is 0. The largest absolute Gasteiger partial charge is 0.374 e. The molecule has 21 heavy (non-hydrogen) atoms. The van der Waals surface area contributed by atoms with Crippen molar-refractivity contribution in [2.45, 2.75) is 43.7 Å². The summed E-state index contributed by atoms with van der Waals surface area (Å²) in [5, 5.41) is 3.05. The van der Waals surface area contributed by atoms with Crippen LogP contribution in [0.1, 0.15) is 30.9 Å². The lowest BCUT2D eigenvalue weighted by Gasteiger charge is -2.23. The second kappa shape index (κ2) is 6.44. The molecule has 2 N–H and O–H groups in total. The van der Waals surface area contributed by atoms with Gasteiger partial charge in [0.25, 0.3) is 0 Å². The predicted octanol–water partition coefficient (Wildman–Crippen LogP) is 1.56. The monoisotopic (exact) mass is 312 g/mol. The fourth-order valence-electron chi connectivity index (χ4n) is 2.50. The number of ether oxygens (including phenoxy) is 1. The molecule has 1 aliphatic rings. The summed E-state index contributed by atoms with van der Waals surface area (Å²) in [5.74, 6) is 0. The Morgan fingerprint density at radius 2 is 2.14 bits per heavy atom. The van der Waals surface area contributed by atoms with Crippen LogP contribution < -0.4 is 10.0 Å². The highest BCUT2D eigenvalue weighted by Crippen LogP contribution is 2.25. The van der Waals surface area contributed by atoms with Crippen molar-refractivity contribution in [2.75, 3.05) is 20.2 Å². The van der Waals surface area contributed by atoms with Crippen LogP contribution in [0.15, 0.2) is 23.1 Å². The Bertz CT molecular complexity index is 593. The Kier molecular flexibility index (Phi) is 5.03.